The molecule has 10 heteroatoms. The van der Waals surface area contributed by atoms with Crippen LogP contribution in [0.5, 0.6) is 0 Å². The maximum Gasteiger partial charge on any atom is 0.276 e. The van der Waals surface area contributed by atoms with E-state index in [9.17, 15) is 13.2 Å². The molecule has 8 nitrogen and oxygen atoms in total. The lowest BCUT2D eigenvalue weighted by Gasteiger charge is -2.08. The second-order valence-corrected chi connectivity index (χ2v) is 8.00. The number of anilines is 2. The normalized spacial score (nSPS) is 11.2. The second-order valence-electron chi connectivity index (χ2n) is 5.81. The van der Waals surface area contributed by atoms with Gasteiger partial charge >= 0.3 is 0 Å². The van der Waals surface area contributed by atoms with Crippen LogP contribution in [0.15, 0.2) is 48.7 Å². The number of carbonyl (C=O) groups excluding carboxylic acids is 1. The molecular weight excluding hydrogens is 390 g/mol. The molecule has 2 aromatic heterocycles. The zero-order chi connectivity index (χ0) is 19.6. The number of sulfonamides is 1. The molecule has 1 aromatic carbocycles. The van der Waals surface area contributed by atoms with Gasteiger partial charge < -0.3 is 5.32 Å². The Morgan fingerprint density at radius 3 is 2.56 bits per heavy atom. The van der Waals surface area contributed by atoms with Crippen molar-refractivity contribution in [1.29, 1.82) is 0 Å². The number of halogens is 1. The van der Waals surface area contributed by atoms with Crippen LogP contribution in [0.1, 0.15) is 10.5 Å². The SMILES string of the molecule is Cn1nc(C(=O)Nc2cc(Cl)cc(NS(C)(=O)=O)c2)cc1-c1ccccn1. The summed E-state index contributed by atoms with van der Waals surface area (Å²) in [6, 6.07) is 11.5. The third-order valence-electron chi connectivity index (χ3n) is 3.50. The van der Waals surface area contributed by atoms with Gasteiger partial charge in [0.2, 0.25) is 10.0 Å². The first-order valence-corrected chi connectivity index (χ1v) is 10.0. The Morgan fingerprint density at radius 1 is 1.15 bits per heavy atom. The van der Waals surface area contributed by atoms with Crippen molar-refractivity contribution < 1.29 is 13.2 Å². The molecule has 0 aliphatic rings. The lowest BCUT2D eigenvalue weighted by atomic mass is 10.2. The monoisotopic (exact) mass is 405 g/mol. The smallest absolute Gasteiger partial charge is 0.276 e. The molecule has 0 aliphatic heterocycles. The van der Waals surface area contributed by atoms with Crippen molar-refractivity contribution >= 4 is 38.9 Å². The molecule has 0 saturated carbocycles. The Balaban J connectivity index is 1.84. The summed E-state index contributed by atoms with van der Waals surface area (Å²) in [5.41, 5.74) is 2.15. The largest absolute Gasteiger partial charge is 0.320 e. The van der Waals surface area contributed by atoms with Gasteiger partial charge in [-0.25, -0.2) is 8.42 Å². The first kappa shape index (κ1) is 18.9. The van der Waals surface area contributed by atoms with Crippen molar-refractivity contribution in [1.82, 2.24) is 14.8 Å². The van der Waals surface area contributed by atoms with E-state index in [0.717, 1.165) is 6.26 Å². The molecule has 2 N–H and O–H groups in total. The lowest BCUT2D eigenvalue weighted by Crippen LogP contribution is -2.14. The predicted octanol–water partition coefficient (Wildman–Crippen LogP) is 2.76. The fraction of sp³-hybridized carbons (Fsp3) is 0.118. The van der Waals surface area contributed by atoms with Gasteiger partial charge in [-0.3, -0.25) is 19.2 Å². The zero-order valence-corrected chi connectivity index (χ0v) is 16.0. The number of hydrogen-bond acceptors (Lipinski definition) is 5. The van der Waals surface area contributed by atoms with Crippen LogP contribution in [0, 0.1) is 0 Å². The summed E-state index contributed by atoms with van der Waals surface area (Å²) >= 11 is 6.00. The maximum absolute atomic E-state index is 12.5. The summed E-state index contributed by atoms with van der Waals surface area (Å²) in [5.74, 6) is -0.458. The average molecular weight is 406 g/mol. The molecule has 0 bridgehead atoms. The van der Waals surface area contributed by atoms with Gasteiger partial charge in [0.15, 0.2) is 5.69 Å². The molecule has 27 heavy (non-hydrogen) atoms. The molecule has 3 aromatic rings. The van der Waals surface area contributed by atoms with E-state index < -0.39 is 15.9 Å². The Hall–Kier alpha value is -2.91. The van der Waals surface area contributed by atoms with E-state index in [4.69, 9.17) is 11.6 Å². The van der Waals surface area contributed by atoms with E-state index in [0.29, 0.717) is 17.1 Å². The summed E-state index contributed by atoms with van der Waals surface area (Å²) in [6.45, 7) is 0. The first-order chi connectivity index (χ1) is 12.7. The van der Waals surface area contributed by atoms with Gasteiger partial charge in [0.25, 0.3) is 5.91 Å². The van der Waals surface area contributed by atoms with Gasteiger partial charge in [-0.05, 0) is 36.4 Å². The van der Waals surface area contributed by atoms with E-state index in [1.807, 2.05) is 12.1 Å². The number of carbonyl (C=O) groups is 1. The standard InChI is InChI=1S/C17H16ClN5O3S/c1-23-16(14-5-3-4-6-19-14)10-15(21-23)17(24)20-12-7-11(18)8-13(9-12)22-27(2,25)26/h3-10,22H,1-2H3,(H,20,24). The van der Waals surface area contributed by atoms with E-state index in [-0.39, 0.29) is 16.4 Å². The minimum atomic E-state index is -3.47. The number of benzene rings is 1. The van der Waals surface area contributed by atoms with Crippen LogP contribution in [-0.4, -0.2) is 35.3 Å². The van der Waals surface area contributed by atoms with Gasteiger partial charge in [-0.2, -0.15) is 5.10 Å². The third kappa shape index (κ3) is 4.83. The van der Waals surface area contributed by atoms with Crippen molar-refractivity contribution in [3.8, 4) is 11.4 Å². The number of pyridine rings is 1. The fourth-order valence-corrected chi connectivity index (χ4v) is 3.24. The van der Waals surface area contributed by atoms with Crippen LogP contribution >= 0.6 is 11.6 Å². The highest BCUT2D eigenvalue weighted by Gasteiger charge is 2.15. The predicted molar refractivity (Wildman–Crippen MR) is 104 cm³/mol. The molecule has 0 saturated heterocycles. The number of hydrogen-bond donors (Lipinski definition) is 2. The minimum absolute atomic E-state index is 0.191. The fourth-order valence-electron chi connectivity index (χ4n) is 2.46. The van der Waals surface area contributed by atoms with Gasteiger partial charge in [-0.1, -0.05) is 17.7 Å². The molecule has 1 amide bonds. The average Bonchev–Trinajstić information content (AvgIpc) is 2.95. The van der Waals surface area contributed by atoms with Crippen LogP contribution < -0.4 is 10.0 Å². The number of nitrogens with zero attached hydrogens (tertiary/aromatic N) is 3. The van der Waals surface area contributed by atoms with Crippen molar-refractivity contribution in [2.45, 2.75) is 0 Å². The van der Waals surface area contributed by atoms with Crippen LogP contribution in [0.2, 0.25) is 5.02 Å². The number of aryl methyl sites for hydroxylation is 1. The highest BCUT2D eigenvalue weighted by atomic mass is 35.5. The number of amides is 1. The molecule has 3 rings (SSSR count). The van der Waals surface area contributed by atoms with Crippen molar-refractivity contribution in [2.24, 2.45) is 7.05 Å². The minimum Gasteiger partial charge on any atom is -0.320 e. The molecular formula is C17H16ClN5O3S. The summed E-state index contributed by atoms with van der Waals surface area (Å²) in [5, 5.41) is 7.14. The quantitative estimate of drug-likeness (QED) is 0.678. The molecule has 0 atom stereocenters. The van der Waals surface area contributed by atoms with Gasteiger partial charge in [0.05, 0.1) is 23.3 Å². The topological polar surface area (TPSA) is 106 Å². The maximum atomic E-state index is 12.5. The summed E-state index contributed by atoms with van der Waals surface area (Å²) in [6.07, 6.45) is 2.68. The molecule has 0 aliphatic carbocycles. The molecule has 0 radical (unpaired) electrons. The van der Waals surface area contributed by atoms with Crippen LogP contribution in [-0.2, 0) is 17.1 Å². The third-order valence-corrected chi connectivity index (χ3v) is 4.32. The molecule has 0 unspecified atom stereocenters. The van der Waals surface area contributed by atoms with Gasteiger partial charge in [0, 0.05) is 24.0 Å². The molecule has 140 valence electrons. The Kier molecular flexibility index (Phi) is 5.15. The number of aromatic nitrogens is 3. The molecule has 0 spiro atoms. The number of nitrogens with one attached hydrogen (secondary N) is 2. The van der Waals surface area contributed by atoms with Gasteiger partial charge in [-0.15, -0.1) is 0 Å². The van der Waals surface area contributed by atoms with Crippen LogP contribution in [0.3, 0.4) is 0 Å². The Morgan fingerprint density at radius 2 is 1.89 bits per heavy atom. The Bertz CT molecular complexity index is 1100. The lowest BCUT2D eigenvalue weighted by molar-refractivity contribution is 0.102. The first-order valence-electron chi connectivity index (χ1n) is 7.76. The molecule has 0 fully saturated rings. The summed E-state index contributed by atoms with van der Waals surface area (Å²) < 4.78 is 26.6. The van der Waals surface area contributed by atoms with E-state index >= 15 is 0 Å². The van der Waals surface area contributed by atoms with Crippen LogP contribution in [0.4, 0.5) is 11.4 Å². The van der Waals surface area contributed by atoms with Gasteiger partial charge in [0.1, 0.15) is 0 Å². The van der Waals surface area contributed by atoms with E-state index in [1.54, 1.807) is 30.1 Å². The van der Waals surface area contributed by atoms with Crippen molar-refractivity contribution in [2.75, 3.05) is 16.3 Å². The Labute approximate surface area is 161 Å². The van der Waals surface area contributed by atoms with Crippen molar-refractivity contribution in [3.63, 3.8) is 0 Å². The highest BCUT2D eigenvalue weighted by Crippen LogP contribution is 2.24. The number of rotatable bonds is 5. The summed E-state index contributed by atoms with van der Waals surface area (Å²) in [4.78, 5) is 16.8. The second kappa shape index (κ2) is 7.37. The van der Waals surface area contributed by atoms with E-state index in [1.165, 1.54) is 18.2 Å². The van der Waals surface area contributed by atoms with E-state index in [2.05, 4.69) is 20.1 Å². The molecule has 2 heterocycles. The summed E-state index contributed by atoms with van der Waals surface area (Å²) in [7, 11) is -1.75. The zero-order valence-electron chi connectivity index (χ0n) is 14.5. The highest BCUT2D eigenvalue weighted by molar-refractivity contribution is 7.92. The van der Waals surface area contributed by atoms with Crippen molar-refractivity contribution in [3.05, 3.63) is 59.4 Å². The van der Waals surface area contributed by atoms with Crippen LogP contribution in [0.25, 0.3) is 11.4 Å².